The summed E-state index contributed by atoms with van der Waals surface area (Å²) in [6, 6.07) is 5.44. The van der Waals surface area contributed by atoms with Crippen molar-refractivity contribution in [2.75, 3.05) is 0 Å². The topological polar surface area (TPSA) is 61.8 Å². The average Bonchev–Trinajstić information content (AvgIpc) is 2.83. The van der Waals surface area contributed by atoms with E-state index in [1.54, 1.807) is 37.1 Å². The average molecular weight is 259 g/mol. The van der Waals surface area contributed by atoms with Crippen LogP contribution in [0.1, 0.15) is 31.0 Å². The maximum Gasteiger partial charge on any atom is 0.124 e. The van der Waals surface area contributed by atoms with Crippen LogP contribution in [0, 0.1) is 17.1 Å². The minimum atomic E-state index is -1.12. The van der Waals surface area contributed by atoms with Gasteiger partial charge in [-0.2, -0.15) is 5.26 Å². The summed E-state index contributed by atoms with van der Waals surface area (Å²) < 4.78 is 14.9. The molecule has 0 aliphatic rings. The Morgan fingerprint density at radius 2 is 2.21 bits per heavy atom. The number of aromatic nitrogens is 2. The molecule has 0 bridgehead atoms. The predicted molar refractivity (Wildman–Crippen MR) is 67.8 cm³/mol. The lowest BCUT2D eigenvalue weighted by Crippen LogP contribution is -2.34. The van der Waals surface area contributed by atoms with Gasteiger partial charge in [-0.05, 0) is 31.5 Å². The van der Waals surface area contributed by atoms with Crippen LogP contribution >= 0.6 is 0 Å². The fourth-order valence-electron chi connectivity index (χ4n) is 2.19. The molecular formula is C14H14FN3O. The highest BCUT2D eigenvalue weighted by Gasteiger charge is 2.31. The molecule has 0 spiro atoms. The van der Waals surface area contributed by atoms with Gasteiger partial charge in [-0.15, -0.1) is 0 Å². The van der Waals surface area contributed by atoms with Crippen molar-refractivity contribution in [1.82, 2.24) is 9.55 Å². The Bertz CT molecular complexity index is 609. The highest BCUT2D eigenvalue weighted by molar-refractivity contribution is 5.41. The van der Waals surface area contributed by atoms with E-state index in [2.05, 4.69) is 4.98 Å². The van der Waals surface area contributed by atoms with E-state index < -0.39 is 17.5 Å². The van der Waals surface area contributed by atoms with Gasteiger partial charge in [0.05, 0.1) is 29.6 Å². The minimum Gasteiger partial charge on any atom is -0.388 e. The van der Waals surface area contributed by atoms with Crippen molar-refractivity contribution < 1.29 is 9.50 Å². The van der Waals surface area contributed by atoms with E-state index in [0.29, 0.717) is 5.56 Å². The molecule has 0 saturated carbocycles. The second kappa shape index (κ2) is 4.82. The molecule has 1 N–H and O–H groups in total. The minimum absolute atomic E-state index is 0.209. The van der Waals surface area contributed by atoms with Crippen LogP contribution < -0.4 is 0 Å². The molecule has 98 valence electrons. The van der Waals surface area contributed by atoms with Crippen LogP contribution in [-0.2, 0) is 0 Å². The van der Waals surface area contributed by atoms with Gasteiger partial charge in [0, 0.05) is 12.4 Å². The smallest absolute Gasteiger partial charge is 0.124 e. The molecule has 19 heavy (non-hydrogen) atoms. The molecule has 0 amide bonds. The lowest BCUT2D eigenvalue weighted by atomic mass is 9.89. The van der Waals surface area contributed by atoms with Crippen LogP contribution in [0.25, 0.3) is 0 Å². The zero-order valence-electron chi connectivity index (χ0n) is 10.7. The van der Waals surface area contributed by atoms with Crippen molar-refractivity contribution in [3.05, 3.63) is 53.9 Å². The molecule has 5 heteroatoms. The van der Waals surface area contributed by atoms with Gasteiger partial charge in [-0.3, -0.25) is 0 Å². The van der Waals surface area contributed by atoms with Gasteiger partial charge >= 0.3 is 0 Å². The number of nitriles is 1. The summed E-state index contributed by atoms with van der Waals surface area (Å²) in [6.07, 6.45) is 4.86. The molecule has 0 aliphatic carbocycles. The maximum atomic E-state index is 13.2. The van der Waals surface area contributed by atoms with Crippen molar-refractivity contribution in [2.24, 2.45) is 0 Å². The quantitative estimate of drug-likeness (QED) is 0.919. The predicted octanol–water partition coefficient (Wildman–Crippen LogP) is 2.25. The van der Waals surface area contributed by atoms with Crippen molar-refractivity contribution in [1.29, 1.82) is 5.26 Å². The summed E-state index contributed by atoms with van der Waals surface area (Å²) in [5, 5.41) is 19.5. The number of hydrogen-bond acceptors (Lipinski definition) is 3. The summed E-state index contributed by atoms with van der Waals surface area (Å²) in [4.78, 5) is 3.95. The Morgan fingerprint density at radius 3 is 2.74 bits per heavy atom. The Balaban J connectivity index is 2.61. The number of imidazole rings is 1. The fraction of sp³-hybridized carbons (Fsp3) is 0.286. The molecule has 2 aromatic rings. The van der Waals surface area contributed by atoms with Gasteiger partial charge in [0.25, 0.3) is 0 Å². The number of rotatable bonds is 3. The lowest BCUT2D eigenvalue weighted by molar-refractivity contribution is 0.0388. The van der Waals surface area contributed by atoms with E-state index in [1.165, 1.54) is 18.2 Å². The molecule has 1 heterocycles. The van der Waals surface area contributed by atoms with Gasteiger partial charge in [0.1, 0.15) is 5.82 Å². The Labute approximate surface area is 110 Å². The summed E-state index contributed by atoms with van der Waals surface area (Å²) >= 11 is 0. The van der Waals surface area contributed by atoms with E-state index in [-0.39, 0.29) is 5.56 Å². The zero-order chi connectivity index (χ0) is 14.0. The second-order valence-corrected chi connectivity index (χ2v) is 4.91. The molecule has 0 aliphatic heterocycles. The van der Waals surface area contributed by atoms with Gasteiger partial charge in [0.2, 0.25) is 0 Å². The van der Waals surface area contributed by atoms with Crippen molar-refractivity contribution >= 4 is 0 Å². The first kappa shape index (κ1) is 13.2. The molecule has 1 unspecified atom stereocenters. The molecule has 1 aromatic heterocycles. The first-order chi connectivity index (χ1) is 8.93. The Morgan fingerprint density at radius 1 is 1.47 bits per heavy atom. The van der Waals surface area contributed by atoms with E-state index in [9.17, 15) is 9.50 Å². The summed E-state index contributed by atoms with van der Waals surface area (Å²) in [6.45, 7) is 3.28. The first-order valence-corrected chi connectivity index (χ1v) is 5.83. The van der Waals surface area contributed by atoms with Crippen LogP contribution in [0.4, 0.5) is 4.39 Å². The van der Waals surface area contributed by atoms with Crippen LogP contribution in [0.3, 0.4) is 0 Å². The fourth-order valence-corrected chi connectivity index (χ4v) is 2.19. The molecule has 0 fully saturated rings. The second-order valence-electron chi connectivity index (χ2n) is 4.91. The summed E-state index contributed by atoms with van der Waals surface area (Å²) in [5.41, 5.74) is -0.348. The Hall–Kier alpha value is -2.19. The van der Waals surface area contributed by atoms with E-state index in [1.807, 2.05) is 6.07 Å². The molecular weight excluding hydrogens is 245 g/mol. The Kier molecular flexibility index (Phi) is 3.36. The molecule has 1 aromatic carbocycles. The lowest BCUT2D eigenvalue weighted by Gasteiger charge is -2.31. The number of nitrogens with zero attached hydrogens (tertiary/aromatic N) is 3. The third-order valence-corrected chi connectivity index (χ3v) is 2.92. The van der Waals surface area contributed by atoms with Crippen LogP contribution in [-0.4, -0.2) is 20.3 Å². The monoisotopic (exact) mass is 259 g/mol. The van der Waals surface area contributed by atoms with Crippen molar-refractivity contribution in [2.45, 2.75) is 25.5 Å². The highest BCUT2D eigenvalue weighted by atomic mass is 19.1. The third kappa shape index (κ3) is 2.64. The van der Waals surface area contributed by atoms with Crippen molar-refractivity contribution in [3.63, 3.8) is 0 Å². The highest BCUT2D eigenvalue weighted by Crippen LogP contribution is 2.32. The van der Waals surface area contributed by atoms with Crippen LogP contribution in [0.2, 0.25) is 0 Å². The molecule has 0 radical (unpaired) electrons. The number of halogens is 1. The standard InChI is InChI=1S/C14H14FN3O/c1-14(2,19)13(18-6-5-17-9-18)12-4-3-11(15)7-10(12)8-16/h3-7,9,13,19H,1-2H3. The van der Waals surface area contributed by atoms with Crippen LogP contribution in [0.15, 0.2) is 36.9 Å². The van der Waals surface area contributed by atoms with Gasteiger partial charge < -0.3 is 9.67 Å². The zero-order valence-corrected chi connectivity index (χ0v) is 10.7. The van der Waals surface area contributed by atoms with Gasteiger partial charge in [-0.25, -0.2) is 9.37 Å². The molecule has 2 rings (SSSR count). The maximum absolute atomic E-state index is 13.2. The van der Waals surface area contributed by atoms with Crippen molar-refractivity contribution in [3.8, 4) is 6.07 Å². The molecule has 0 saturated heterocycles. The largest absolute Gasteiger partial charge is 0.388 e. The van der Waals surface area contributed by atoms with Crippen LogP contribution in [0.5, 0.6) is 0 Å². The SMILES string of the molecule is CC(C)(O)C(c1ccc(F)cc1C#N)n1ccnc1. The van der Waals surface area contributed by atoms with Gasteiger partial charge in [-0.1, -0.05) is 6.07 Å². The number of benzene rings is 1. The van der Waals surface area contributed by atoms with Gasteiger partial charge in [0.15, 0.2) is 0 Å². The summed E-state index contributed by atoms with van der Waals surface area (Å²) in [5.74, 6) is -0.472. The van der Waals surface area contributed by atoms with E-state index in [0.717, 1.165) is 0 Å². The molecule has 4 nitrogen and oxygen atoms in total. The molecule has 1 atom stereocenters. The first-order valence-electron chi connectivity index (χ1n) is 5.83. The van der Waals surface area contributed by atoms with E-state index in [4.69, 9.17) is 5.26 Å². The van der Waals surface area contributed by atoms with E-state index >= 15 is 0 Å². The normalized spacial score (nSPS) is 13.0. The number of aliphatic hydroxyl groups is 1. The third-order valence-electron chi connectivity index (χ3n) is 2.92. The summed E-state index contributed by atoms with van der Waals surface area (Å²) in [7, 11) is 0. The number of hydrogen-bond donors (Lipinski definition) is 1.